The first-order valence-corrected chi connectivity index (χ1v) is 8.03. The first kappa shape index (κ1) is 14.5. The van der Waals surface area contributed by atoms with Crippen LogP contribution in [0, 0.1) is 0 Å². The fraction of sp³-hybridized carbons (Fsp3) is 0.417. The molecule has 0 aliphatic carbocycles. The number of aliphatic carboxylic acids is 1. The minimum atomic E-state index is -3.78. The van der Waals surface area contributed by atoms with E-state index in [2.05, 4.69) is 15.9 Å². The molecule has 5 nitrogen and oxygen atoms in total. The molecule has 1 aromatic rings. The van der Waals surface area contributed by atoms with Gasteiger partial charge in [-0.3, -0.25) is 4.79 Å². The predicted molar refractivity (Wildman–Crippen MR) is 73.3 cm³/mol. The summed E-state index contributed by atoms with van der Waals surface area (Å²) in [6.07, 6.45) is 0.886. The molecule has 1 heterocycles. The summed E-state index contributed by atoms with van der Waals surface area (Å²) in [6, 6.07) is 6.20. The van der Waals surface area contributed by atoms with Crippen LogP contribution in [0.4, 0.5) is 0 Å². The van der Waals surface area contributed by atoms with Crippen molar-refractivity contribution in [1.29, 1.82) is 0 Å². The number of hydrogen-bond donors (Lipinski definition) is 1. The Balaban J connectivity index is 2.45. The molecule has 2 rings (SSSR count). The van der Waals surface area contributed by atoms with Crippen LogP contribution in [0.15, 0.2) is 33.6 Å². The van der Waals surface area contributed by atoms with E-state index in [9.17, 15) is 18.3 Å². The largest absolute Gasteiger partial charge is 0.480 e. The highest BCUT2D eigenvalue weighted by Crippen LogP contribution is 2.34. The Kier molecular flexibility index (Phi) is 3.72. The van der Waals surface area contributed by atoms with Gasteiger partial charge >= 0.3 is 5.97 Å². The van der Waals surface area contributed by atoms with E-state index in [0.717, 1.165) is 8.78 Å². The van der Waals surface area contributed by atoms with Gasteiger partial charge in [0.05, 0.1) is 4.90 Å². The summed E-state index contributed by atoms with van der Waals surface area (Å²) in [7, 11) is -3.78. The number of halogens is 1. The molecule has 104 valence electrons. The molecule has 1 unspecified atom stereocenters. The minimum absolute atomic E-state index is 0.116. The fourth-order valence-electron chi connectivity index (χ4n) is 2.27. The molecule has 1 atom stereocenters. The van der Waals surface area contributed by atoms with E-state index in [1.54, 1.807) is 12.1 Å². The van der Waals surface area contributed by atoms with Gasteiger partial charge in [0.2, 0.25) is 10.0 Å². The zero-order valence-corrected chi connectivity index (χ0v) is 12.7. The number of carbonyl (C=O) groups is 1. The molecule has 0 spiro atoms. The third-order valence-corrected chi connectivity index (χ3v) is 6.00. The van der Waals surface area contributed by atoms with E-state index < -0.39 is 21.5 Å². The normalized spacial score (nSPS) is 24.5. The van der Waals surface area contributed by atoms with Crippen molar-refractivity contribution >= 4 is 31.9 Å². The quantitative estimate of drug-likeness (QED) is 0.908. The Bertz CT molecular complexity index is 599. The highest BCUT2D eigenvalue weighted by Gasteiger charge is 2.49. The van der Waals surface area contributed by atoms with Gasteiger partial charge < -0.3 is 5.11 Å². The topological polar surface area (TPSA) is 74.7 Å². The molecule has 0 saturated carbocycles. The Morgan fingerprint density at radius 2 is 1.95 bits per heavy atom. The first-order valence-electron chi connectivity index (χ1n) is 5.80. The molecule has 1 N–H and O–H groups in total. The van der Waals surface area contributed by atoms with Crippen molar-refractivity contribution in [2.75, 3.05) is 6.54 Å². The third-order valence-electron chi connectivity index (χ3n) is 3.44. The van der Waals surface area contributed by atoms with Gasteiger partial charge in [0, 0.05) is 11.0 Å². The molecule has 1 aliphatic rings. The van der Waals surface area contributed by atoms with E-state index in [0.29, 0.717) is 12.8 Å². The third kappa shape index (κ3) is 2.42. The molecule has 0 amide bonds. The number of benzene rings is 1. The second kappa shape index (κ2) is 4.88. The average Bonchev–Trinajstić information content (AvgIpc) is 2.74. The summed E-state index contributed by atoms with van der Waals surface area (Å²) < 4.78 is 26.9. The number of carboxylic acid groups (broad SMARTS) is 1. The lowest BCUT2D eigenvalue weighted by Crippen LogP contribution is -2.50. The van der Waals surface area contributed by atoms with Crippen LogP contribution < -0.4 is 0 Å². The molecular formula is C12H14BrNO4S. The maximum absolute atomic E-state index is 12.5. The van der Waals surface area contributed by atoms with E-state index in [-0.39, 0.29) is 11.4 Å². The van der Waals surface area contributed by atoms with Crippen LogP contribution in [0.2, 0.25) is 0 Å². The molecule has 19 heavy (non-hydrogen) atoms. The van der Waals surface area contributed by atoms with Gasteiger partial charge in [-0.15, -0.1) is 0 Å². The summed E-state index contributed by atoms with van der Waals surface area (Å²) in [5.41, 5.74) is -1.36. The molecule has 7 heteroatoms. The van der Waals surface area contributed by atoms with E-state index in [4.69, 9.17) is 0 Å². The summed E-state index contributed by atoms with van der Waals surface area (Å²) in [5.74, 6) is -1.11. The van der Waals surface area contributed by atoms with Crippen molar-refractivity contribution < 1.29 is 18.3 Å². The average molecular weight is 348 g/mol. The summed E-state index contributed by atoms with van der Waals surface area (Å²) in [4.78, 5) is 11.5. The standard InChI is InChI=1S/C12H14BrNO4S/c1-12(11(15)16)7-2-8-14(12)19(17,18)10-5-3-9(13)4-6-10/h3-6H,2,7-8H2,1H3,(H,15,16). The Labute approximate surface area is 120 Å². The SMILES string of the molecule is CC1(C(=O)O)CCCN1S(=O)(=O)c1ccc(Br)cc1. The number of rotatable bonds is 3. The second-order valence-electron chi connectivity index (χ2n) is 4.71. The lowest BCUT2D eigenvalue weighted by molar-refractivity contribution is -0.146. The number of carboxylic acids is 1. The minimum Gasteiger partial charge on any atom is -0.480 e. The predicted octanol–water partition coefficient (Wildman–Crippen LogP) is 2.08. The summed E-state index contributed by atoms with van der Waals surface area (Å²) in [5, 5.41) is 9.28. The van der Waals surface area contributed by atoms with Gasteiger partial charge in [-0.05, 0) is 44.0 Å². The molecule has 0 bridgehead atoms. The molecule has 1 aromatic carbocycles. The van der Waals surface area contributed by atoms with Crippen molar-refractivity contribution in [3.8, 4) is 0 Å². The highest BCUT2D eigenvalue weighted by molar-refractivity contribution is 9.10. The molecule has 0 aromatic heterocycles. The Morgan fingerprint density at radius 3 is 2.47 bits per heavy atom. The molecular weight excluding hydrogens is 334 g/mol. The van der Waals surface area contributed by atoms with Crippen molar-refractivity contribution in [1.82, 2.24) is 4.31 Å². The van der Waals surface area contributed by atoms with Gasteiger partial charge in [0.15, 0.2) is 0 Å². The maximum atomic E-state index is 12.5. The van der Waals surface area contributed by atoms with E-state index >= 15 is 0 Å². The lowest BCUT2D eigenvalue weighted by atomic mass is 10.0. The molecule has 1 saturated heterocycles. The molecule has 1 fully saturated rings. The first-order chi connectivity index (χ1) is 8.78. The number of nitrogens with zero attached hydrogens (tertiary/aromatic N) is 1. The van der Waals surface area contributed by atoms with E-state index in [1.165, 1.54) is 19.1 Å². The van der Waals surface area contributed by atoms with Crippen molar-refractivity contribution in [2.24, 2.45) is 0 Å². The van der Waals surface area contributed by atoms with Crippen molar-refractivity contribution in [3.63, 3.8) is 0 Å². The van der Waals surface area contributed by atoms with Crippen LogP contribution in [-0.4, -0.2) is 35.9 Å². The molecule has 0 radical (unpaired) electrons. The Hall–Kier alpha value is -0.920. The zero-order chi connectivity index (χ0) is 14.3. The highest BCUT2D eigenvalue weighted by atomic mass is 79.9. The summed E-state index contributed by atoms with van der Waals surface area (Å²) in [6.45, 7) is 1.69. The summed E-state index contributed by atoms with van der Waals surface area (Å²) >= 11 is 3.24. The Morgan fingerprint density at radius 1 is 1.37 bits per heavy atom. The molecule has 1 aliphatic heterocycles. The van der Waals surface area contributed by atoms with Gasteiger partial charge in [-0.1, -0.05) is 15.9 Å². The number of hydrogen-bond acceptors (Lipinski definition) is 3. The van der Waals surface area contributed by atoms with Gasteiger partial charge in [0.25, 0.3) is 0 Å². The smallest absolute Gasteiger partial charge is 0.324 e. The van der Waals surface area contributed by atoms with Gasteiger partial charge in [-0.2, -0.15) is 4.31 Å². The lowest BCUT2D eigenvalue weighted by Gasteiger charge is -2.30. The van der Waals surface area contributed by atoms with Gasteiger partial charge in [-0.25, -0.2) is 8.42 Å². The monoisotopic (exact) mass is 347 g/mol. The van der Waals surface area contributed by atoms with Crippen LogP contribution in [0.5, 0.6) is 0 Å². The van der Waals surface area contributed by atoms with Crippen LogP contribution >= 0.6 is 15.9 Å². The van der Waals surface area contributed by atoms with Crippen molar-refractivity contribution in [2.45, 2.75) is 30.2 Å². The van der Waals surface area contributed by atoms with Crippen molar-refractivity contribution in [3.05, 3.63) is 28.7 Å². The van der Waals surface area contributed by atoms with Crippen LogP contribution in [0.3, 0.4) is 0 Å². The van der Waals surface area contributed by atoms with E-state index in [1.807, 2.05) is 0 Å². The van der Waals surface area contributed by atoms with Gasteiger partial charge in [0.1, 0.15) is 5.54 Å². The number of sulfonamides is 1. The second-order valence-corrected chi connectivity index (χ2v) is 7.49. The fourth-order valence-corrected chi connectivity index (χ4v) is 4.34. The zero-order valence-electron chi connectivity index (χ0n) is 10.3. The van der Waals surface area contributed by atoms with Crippen LogP contribution in [0.1, 0.15) is 19.8 Å². The van der Waals surface area contributed by atoms with Crippen LogP contribution in [-0.2, 0) is 14.8 Å². The maximum Gasteiger partial charge on any atom is 0.324 e. The van der Waals surface area contributed by atoms with Crippen LogP contribution in [0.25, 0.3) is 0 Å².